The second-order valence-corrected chi connectivity index (χ2v) is 7.00. The van der Waals surface area contributed by atoms with Gasteiger partial charge in [0.1, 0.15) is 11.1 Å². The van der Waals surface area contributed by atoms with E-state index in [1.54, 1.807) is 4.90 Å². The highest BCUT2D eigenvalue weighted by atomic mass is 16.6. The Labute approximate surface area is 135 Å². The molecular formula is C16H23N5O2. The van der Waals surface area contributed by atoms with E-state index >= 15 is 0 Å². The van der Waals surface area contributed by atoms with Crippen molar-refractivity contribution in [3.63, 3.8) is 0 Å². The molecule has 2 heterocycles. The van der Waals surface area contributed by atoms with Gasteiger partial charge in [0.2, 0.25) is 0 Å². The molecule has 1 amide bonds. The Kier molecular flexibility index (Phi) is 3.87. The number of fused-ring (bicyclic) bond motifs is 1. The topological polar surface area (TPSA) is 86.3 Å². The Morgan fingerprint density at radius 3 is 2.91 bits per heavy atom. The summed E-state index contributed by atoms with van der Waals surface area (Å²) in [4.78, 5) is 14.0. The number of aromatic nitrogens is 3. The molecule has 0 aliphatic carbocycles. The van der Waals surface area contributed by atoms with Crippen molar-refractivity contribution >= 4 is 22.8 Å². The Bertz CT molecular complexity index is 719. The minimum atomic E-state index is -0.485. The van der Waals surface area contributed by atoms with Crippen molar-refractivity contribution in [3.8, 4) is 0 Å². The fourth-order valence-corrected chi connectivity index (χ4v) is 2.88. The van der Waals surface area contributed by atoms with Gasteiger partial charge in [0, 0.05) is 18.8 Å². The number of rotatable bonds is 1. The largest absolute Gasteiger partial charge is 0.444 e. The number of nitrogens with zero attached hydrogens (tertiary/aromatic N) is 4. The molecule has 0 radical (unpaired) electrons. The highest BCUT2D eigenvalue weighted by Gasteiger charge is 2.29. The number of carbonyl (C=O) groups excluding carboxylic acids is 1. The van der Waals surface area contributed by atoms with Gasteiger partial charge in [-0.25, -0.2) is 9.48 Å². The van der Waals surface area contributed by atoms with E-state index < -0.39 is 5.60 Å². The van der Waals surface area contributed by atoms with Crippen LogP contribution in [-0.4, -0.2) is 44.7 Å². The molecule has 3 rings (SSSR count). The zero-order valence-electron chi connectivity index (χ0n) is 13.8. The van der Waals surface area contributed by atoms with E-state index in [-0.39, 0.29) is 12.1 Å². The summed E-state index contributed by atoms with van der Waals surface area (Å²) in [6, 6.07) is 5.69. The predicted octanol–water partition coefficient (Wildman–Crippen LogP) is 2.59. The van der Waals surface area contributed by atoms with Gasteiger partial charge in [0.05, 0.1) is 11.6 Å². The normalized spacial score (nSPS) is 19.1. The van der Waals surface area contributed by atoms with Crippen LogP contribution in [0.5, 0.6) is 0 Å². The van der Waals surface area contributed by atoms with Crippen molar-refractivity contribution in [1.82, 2.24) is 19.9 Å². The first kappa shape index (κ1) is 15.6. The number of benzene rings is 1. The standard InChI is InChI=1S/C16H23N5O2/c1-16(2,3)23-15(22)20-8-4-5-12(10-20)21-14-7-6-11(17)9-13(14)18-19-21/h6-7,9,12H,4-5,8,10,17H2,1-3H3. The summed E-state index contributed by atoms with van der Waals surface area (Å²) in [6.45, 7) is 6.92. The SMILES string of the molecule is CC(C)(C)OC(=O)N1CCCC(n2nnc3cc(N)ccc32)C1. The average Bonchev–Trinajstić information content (AvgIpc) is 2.88. The molecule has 1 unspecified atom stereocenters. The van der Waals surface area contributed by atoms with Crippen molar-refractivity contribution in [3.05, 3.63) is 18.2 Å². The summed E-state index contributed by atoms with van der Waals surface area (Å²) in [6.07, 6.45) is 1.61. The van der Waals surface area contributed by atoms with Crippen LogP contribution >= 0.6 is 0 Å². The second-order valence-electron chi connectivity index (χ2n) is 7.00. The lowest BCUT2D eigenvalue weighted by Gasteiger charge is -2.34. The van der Waals surface area contributed by atoms with Gasteiger partial charge in [0.15, 0.2) is 0 Å². The Balaban J connectivity index is 1.79. The third-order valence-electron chi connectivity index (χ3n) is 3.89. The summed E-state index contributed by atoms with van der Waals surface area (Å²) in [5.74, 6) is 0. The fraction of sp³-hybridized carbons (Fsp3) is 0.562. The average molecular weight is 317 g/mol. The molecule has 1 aliphatic rings. The number of nitrogen functional groups attached to an aromatic ring is 1. The maximum atomic E-state index is 12.3. The van der Waals surface area contributed by atoms with Crippen LogP contribution in [0.15, 0.2) is 18.2 Å². The van der Waals surface area contributed by atoms with Crippen LogP contribution in [0, 0.1) is 0 Å². The fourth-order valence-electron chi connectivity index (χ4n) is 2.88. The van der Waals surface area contributed by atoms with Crippen LogP contribution in [0.4, 0.5) is 10.5 Å². The molecule has 0 saturated carbocycles. The molecule has 0 spiro atoms. The number of carbonyl (C=O) groups is 1. The van der Waals surface area contributed by atoms with Crippen molar-refractivity contribution in [2.24, 2.45) is 0 Å². The summed E-state index contributed by atoms with van der Waals surface area (Å²) < 4.78 is 7.37. The van der Waals surface area contributed by atoms with Gasteiger partial charge in [-0.3, -0.25) is 0 Å². The maximum absolute atomic E-state index is 12.3. The van der Waals surface area contributed by atoms with Crippen LogP contribution in [0.2, 0.25) is 0 Å². The Morgan fingerprint density at radius 2 is 2.17 bits per heavy atom. The van der Waals surface area contributed by atoms with E-state index in [0.29, 0.717) is 18.8 Å². The summed E-state index contributed by atoms with van der Waals surface area (Å²) in [5, 5.41) is 8.44. The van der Waals surface area contributed by atoms with Crippen molar-refractivity contribution in [2.75, 3.05) is 18.8 Å². The molecule has 1 atom stereocenters. The minimum absolute atomic E-state index is 0.102. The highest BCUT2D eigenvalue weighted by Crippen LogP contribution is 2.26. The van der Waals surface area contributed by atoms with Crippen molar-refractivity contribution in [2.45, 2.75) is 45.3 Å². The molecule has 0 bridgehead atoms. The third kappa shape index (κ3) is 3.38. The van der Waals surface area contributed by atoms with Gasteiger partial charge in [-0.1, -0.05) is 5.21 Å². The molecule has 1 aliphatic heterocycles. The molecule has 124 valence electrons. The van der Waals surface area contributed by atoms with E-state index in [4.69, 9.17) is 10.5 Å². The number of amides is 1. The van der Waals surface area contributed by atoms with Gasteiger partial charge in [-0.2, -0.15) is 0 Å². The maximum Gasteiger partial charge on any atom is 0.410 e. The molecule has 1 aromatic carbocycles. The van der Waals surface area contributed by atoms with Crippen molar-refractivity contribution in [1.29, 1.82) is 0 Å². The van der Waals surface area contributed by atoms with Crippen LogP contribution in [-0.2, 0) is 4.74 Å². The van der Waals surface area contributed by atoms with Gasteiger partial charge < -0.3 is 15.4 Å². The summed E-state index contributed by atoms with van der Waals surface area (Å²) in [7, 11) is 0. The molecule has 1 fully saturated rings. The summed E-state index contributed by atoms with van der Waals surface area (Å²) in [5.41, 5.74) is 7.69. The first-order valence-electron chi connectivity index (χ1n) is 7.92. The van der Waals surface area contributed by atoms with E-state index in [1.165, 1.54) is 0 Å². The van der Waals surface area contributed by atoms with Crippen molar-refractivity contribution < 1.29 is 9.53 Å². The summed E-state index contributed by atoms with van der Waals surface area (Å²) >= 11 is 0. The van der Waals surface area contributed by atoms with E-state index in [9.17, 15) is 4.79 Å². The van der Waals surface area contributed by atoms with E-state index in [1.807, 2.05) is 43.7 Å². The number of hydrogen-bond donors (Lipinski definition) is 1. The lowest BCUT2D eigenvalue weighted by atomic mass is 10.1. The van der Waals surface area contributed by atoms with Gasteiger partial charge in [-0.15, -0.1) is 5.10 Å². The van der Waals surface area contributed by atoms with Gasteiger partial charge in [-0.05, 0) is 51.8 Å². The zero-order valence-corrected chi connectivity index (χ0v) is 13.8. The van der Waals surface area contributed by atoms with Gasteiger partial charge in [0.25, 0.3) is 0 Å². The molecule has 7 nitrogen and oxygen atoms in total. The lowest BCUT2D eigenvalue weighted by molar-refractivity contribution is 0.0168. The molecule has 23 heavy (non-hydrogen) atoms. The van der Waals surface area contributed by atoms with E-state index in [0.717, 1.165) is 23.9 Å². The highest BCUT2D eigenvalue weighted by molar-refractivity contribution is 5.78. The van der Waals surface area contributed by atoms with Crippen LogP contribution in [0.25, 0.3) is 11.0 Å². The molecule has 1 aromatic heterocycles. The first-order chi connectivity index (χ1) is 10.8. The molecular weight excluding hydrogens is 294 g/mol. The minimum Gasteiger partial charge on any atom is -0.444 e. The van der Waals surface area contributed by atoms with Crippen LogP contribution < -0.4 is 5.73 Å². The monoisotopic (exact) mass is 317 g/mol. The number of anilines is 1. The Morgan fingerprint density at radius 1 is 1.39 bits per heavy atom. The van der Waals surface area contributed by atoms with E-state index in [2.05, 4.69) is 10.3 Å². The number of likely N-dealkylation sites (tertiary alicyclic amines) is 1. The molecule has 7 heteroatoms. The number of hydrogen-bond acceptors (Lipinski definition) is 5. The molecule has 2 N–H and O–H groups in total. The first-order valence-corrected chi connectivity index (χ1v) is 7.92. The second kappa shape index (κ2) is 5.72. The molecule has 1 saturated heterocycles. The third-order valence-corrected chi connectivity index (χ3v) is 3.89. The lowest BCUT2D eigenvalue weighted by Crippen LogP contribution is -2.43. The predicted molar refractivity (Wildman–Crippen MR) is 88.0 cm³/mol. The van der Waals surface area contributed by atoms with Crippen LogP contribution in [0.1, 0.15) is 39.7 Å². The van der Waals surface area contributed by atoms with Crippen LogP contribution in [0.3, 0.4) is 0 Å². The number of nitrogens with two attached hydrogens (primary N) is 1. The molecule has 2 aromatic rings. The number of ether oxygens (including phenoxy) is 1. The quantitative estimate of drug-likeness (QED) is 0.817. The Hall–Kier alpha value is -2.31. The smallest absolute Gasteiger partial charge is 0.410 e. The number of piperidine rings is 1. The zero-order chi connectivity index (χ0) is 16.6. The van der Waals surface area contributed by atoms with Gasteiger partial charge >= 0.3 is 6.09 Å².